The molecule has 0 aliphatic carbocycles. The van der Waals surface area contributed by atoms with Gasteiger partial charge in [-0.3, -0.25) is 9.59 Å². The normalized spacial score (nSPS) is 13.7. The number of anilines is 3. The zero-order chi connectivity index (χ0) is 45.6. The highest BCUT2D eigenvalue weighted by molar-refractivity contribution is 7.16. The molecule has 6 aromatic rings. The Morgan fingerprint density at radius 3 is 1.42 bits per heavy atom. The van der Waals surface area contributed by atoms with E-state index in [0.717, 1.165) is 86.9 Å². The maximum Gasteiger partial charge on any atom is 0.346 e. The summed E-state index contributed by atoms with van der Waals surface area (Å²) in [6.45, 7) is 5.13. The molecule has 65 heavy (non-hydrogen) atoms. The molecule has 0 saturated carbocycles. The maximum atomic E-state index is 14.7. The molecule has 0 saturated heterocycles. The zero-order valence-electron chi connectivity index (χ0n) is 36.7. The molecule has 0 spiro atoms. The molecule has 11 heteroatoms. The largest absolute Gasteiger partial charge is 0.497 e. The number of nitrogens with zero attached hydrogens (tertiary/aromatic N) is 4. The van der Waals surface area contributed by atoms with Gasteiger partial charge in [-0.2, -0.15) is 5.26 Å². The van der Waals surface area contributed by atoms with Crippen molar-refractivity contribution in [1.82, 2.24) is 9.80 Å². The fourth-order valence-corrected chi connectivity index (χ4v) is 9.21. The molecule has 0 bridgehead atoms. The van der Waals surface area contributed by atoms with Crippen molar-refractivity contribution in [2.75, 3.05) is 32.2 Å². The van der Waals surface area contributed by atoms with Crippen LogP contribution in [0, 0.1) is 11.3 Å². The van der Waals surface area contributed by atoms with Crippen LogP contribution < -0.4 is 14.4 Å². The summed E-state index contributed by atoms with van der Waals surface area (Å²) in [5.41, 5.74) is 9.20. The number of unbranched alkanes of at least 4 members (excludes halogenated alkanes) is 2. The van der Waals surface area contributed by atoms with Gasteiger partial charge in [0.15, 0.2) is 0 Å². The summed E-state index contributed by atoms with van der Waals surface area (Å²) in [5.74, 6) is -0.0663. The topological polar surface area (TPSA) is 123 Å². The van der Waals surface area contributed by atoms with E-state index >= 15 is 0 Å². The van der Waals surface area contributed by atoms with E-state index in [9.17, 15) is 24.8 Å². The predicted octanol–water partition coefficient (Wildman–Crippen LogP) is 12.0. The first-order valence-corrected chi connectivity index (χ1v) is 22.5. The molecule has 1 N–H and O–H groups in total. The van der Waals surface area contributed by atoms with Crippen molar-refractivity contribution in [3.05, 3.63) is 166 Å². The van der Waals surface area contributed by atoms with Crippen LogP contribution in [0.3, 0.4) is 0 Å². The average Bonchev–Trinajstić information content (AvgIpc) is 4.02. The highest BCUT2D eigenvalue weighted by atomic mass is 32.1. The number of hydrogen-bond acceptors (Lipinski definition) is 8. The van der Waals surface area contributed by atoms with Gasteiger partial charge in [-0.05, 0) is 120 Å². The molecular weight excluding hydrogens is 833 g/mol. The second-order valence-electron chi connectivity index (χ2n) is 15.7. The number of rotatable bonds is 17. The van der Waals surface area contributed by atoms with E-state index in [-0.39, 0.29) is 17.4 Å². The third kappa shape index (κ3) is 8.81. The van der Waals surface area contributed by atoms with Crippen molar-refractivity contribution in [2.45, 2.75) is 39.5 Å². The third-order valence-electron chi connectivity index (χ3n) is 11.6. The number of nitriles is 1. The molecule has 326 valence electrons. The Balaban J connectivity index is 1.13. The van der Waals surface area contributed by atoms with Crippen molar-refractivity contribution in [1.29, 1.82) is 5.26 Å². The van der Waals surface area contributed by atoms with Crippen LogP contribution in [0.5, 0.6) is 11.5 Å². The second kappa shape index (κ2) is 19.4. The van der Waals surface area contributed by atoms with Gasteiger partial charge in [-0.25, -0.2) is 4.79 Å². The molecule has 3 heterocycles. The molecular formula is C54H48N4O6S. The molecule has 5 aromatic carbocycles. The Morgan fingerprint density at radius 2 is 1.02 bits per heavy atom. The lowest BCUT2D eigenvalue weighted by molar-refractivity contribution is -0.132. The maximum absolute atomic E-state index is 14.7. The van der Waals surface area contributed by atoms with Crippen molar-refractivity contribution in [2.24, 2.45) is 0 Å². The van der Waals surface area contributed by atoms with Crippen LogP contribution in [0.25, 0.3) is 39.0 Å². The van der Waals surface area contributed by atoms with Gasteiger partial charge < -0.3 is 29.3 Å². The smallest absolute Gasteiger partial charge is 0.346 e. The number of amides is 2. The second-order valence-corrected chi connectivity index (χ2v) is 16.8. The van der Waals surface area contributed by atoms with E-state index in [1.807, 2.05) is 91.0 Å². The Morgan fingerprint density at radius 1 is 0.615 bits per heavy atom. The number of hydrogen-bond donors (Lipinski definition) is 1. The molecule has 1 aromatic heterocycles. The van der Waals surface area contributed by atoms with Crippen LogP contribution in [-0.2, 0) is 14.4 Å². The summed E-state index contributed by atoms with van der Waals surface area (Å²) in [6.07, 6.45) is 4.68. The Labute approximate surface area is 383 Å². The van der Waals surface area contributed by atoms with Crippen LogP contribution >= 0.6 is 11.3 Å². The molecule has 0 unspecified atom stereocenters. The van der Waals surface area contributed by atoms with E-state index in [2.05, 4.69) is 55.1 Å². The van der Waals surface area contributed by atoms with Crippen molar-refractivity contribution in [3.8, 4) is 39.1 Å². The molecule has 8 rings (SSSR count). The van der Waals surface area contributed by atoms with E-state index in [1.54, 1.807) is 36.2 Å². The van der Waals surface area contributed by atoms with Crippen LogP contribution in [0.15, 0.2) is 150 Å². The summed E-state index contributed by atoms with van der Waals surface area (Å²) in [7, 11) is 3.31. The number of aliphatic carboxylic acids is 1. The number of methoxy groups -OCH3 is 2. The lowest BCUT2D eigenvalue weighted by Crippen LogP contribution is -2.31. The Bertz CT molecular complexity index is 2820. The number of thiophene rings is 1. The quantitative estimate of drug-likeness (QED) is 0.0709. The van der Waals surface area contributed by atoms with E-state index in [1.165, 1.54) is 17.4 Å². The van der Waals surface area contributed by atoms with Crippen molar-refractivity contribution < 1.29 is 29.0 Å². The molecule has 2 aliphatic heterocycles. The van der Waals surface area contributed by atoms with Gasteiger partial charge in [0, 0.05) is 39.9 Å². The predicted molar refractivity (Wildman–Crippen MR) is 258 cm³/mol. The van der Waals surface area contributed by atoms with Gasteiger partial charge in [0.2, 0.25) is 0 Å². The summed E-state index contributed by atoms with van der Waals surface area (Å²) in [5, 5.41) is 18.5. The monoisotopic (exact) mass is 880 g/mol. The first kappa shape index (κ1) is 43.9. The van der Waals surface area contributed by atoms with Gasteiger partial charge in [-0.1, -0.05) is 87.4 Å². The minimum atomic E-state index is -1.27. The highest BCUT2D eigenvalue weighted by Gasteiger charge is 2.48. The molecule has 10 nitrogen and oxygen atoms in total. The molecule has 2 aliphatic rings. The highest BCUT2D eigenvalue weighted by Crippen LogP contribution is 2.47. The Hall–Kier alpha value is -7.68. The minimum absolute atomic E-state index is 0.172. The average molecular weight is 881 g/mol. The van der Waals surface area contributed by atoms with Crippen molar-refractivity contribution >= 4 is 63.7 Å². The van der Waals surface area contributed by atoms with Gasteiger partial charge in [0.1, 0.15) is 23.1 Å². The minimum Gasteiger partial charge on any atom is -0.497 e. The fourth-order valence-electron chi connectivity index (χ4n) is 8.25. The Kier molecular flexibility index (Phi) is 13.1. The summed E-state index contributed by atoms with van der Waals surface area (Å²) < 4.78 is 10.9. The molecule has 0 fully saturated rings. The van der Waals surface area contributed by atoms with Crippen LogP contribution in [-0.4, -0.2) is 60.0 Å². The van der Waals surface area contributed by atoms with Gasteiger partial charge >= 0.3 is 5.97 Å². The zero-order valence-corrected chi connectivity index (χ0v) is 37.5. The first-order chi connectivity index (χ1) is 31.7. The van der Waals surface area contributed by atoms with Crippen LogP contribution in [0.4, 0.5) is 17.1 Å². The standard InChI is InChI=1S/C54H48N4O6S/c1-5-7-31-56-50(38-13-9-35(10-14-38)36-17-19-41(20-18-36)58(42-21-25-44(63-3)26-22-42)43-23-27-45(64-4)28-24-43)48-49(53(56)60)51(57(52(48)59)32-8-6-2)39-15-11-37(12-16-39)47-30-29-46(65-47)33-40(34-55)54(61)62/h9-30,33H,5-8,31-32H2,1-4H3,(H,61,62)/b40-33-. The number of fused-ring (bicyclic) bond motifs is 1. The number of carboxylic acid groups (broad SMARTS) is 1. The summed E-state index contributed by atoms with van der Waals surface area (Å²) in [6, 6.07) is 45.6. The number of benzene rings is 5. The lowest BCUT2D eigenvalue weighted by atomic mass is 9.99. The van der Waals surface area contributed by atoms with Gasteiger partial charge in [0.05, 0.1) is 36.8 Å². The van der Waals surface area contributed by atoms with E-state index in [4.69, 9.17) is 9.47 Å². The van der Waals surface area contributed by atoms with Gasteiger partial charge in [0.25, 0.3) is 11.8 Å². The first-order valence-electron chi connectivity index (χ1n) is 21.6. The van der Waals surface area contributed by atoms with Gasteiger partial charge in [-0.15, -0.1) is 11.3 Å². The third-order valence-corrected chi connectivity index (χ3v) is 12.7. The molecule has 2 amide bonds. The van der Waals surface area contributed by atoms with Crippen LogP contribution in [0.1, 0.15) is 55.5 Å². The van der Waals surface area contributed by atoms with Crippen LogP contribution in [0.2, 0.25) is 0 Å². The molecule has 0 atom stereocenters. The number of carbonyl (C=O) groups excluding carboxylic acids is 2. The number of ether oxygens (including phenoxy) is 2. The fraction of sp³-hybridized carbons (Fsp3) is 0.185. The number of carbonyl (C=O) groups is 3. The van der Waals surface area contributed by atoms with Crippen molar-refractivity contribution in [3.63, 3.8) is 0 Å². The summed E-state index contributed by atoms with van der Waals surface area (Å²) in [4.78, 5) is 48.1. The van der Waals surface area contributed by atoms with E-state index < -0.39 is 5.97 Å². The van der Waals surface area contributed by atoms with E-state index in [0.29, 0.717) is 40.5 Å². The SMILES string of the molecule is CCCCN1C(=O)C2=C(c3ccc(-c4ccc(/C=C(/C#N)C(=O)O)s4)cc3)N(CCCC)C(=O)C2=C1c1ccc(-c2ccc(N(c3ccc(OC)cc3)c3ccc(OC)cc3)cc2)cc1. The number of carboxylic acids is 1. The summed E-state index contributed by atoms with van der Waals surface area (Å²) >= 11 is 1.38. The molecule has 0 radical (unpaired) electrons. The lowest BCUT2D eigenvalue weighted by Gasteiger charge is -2.26.